The number of aliphatic imine (C=N–C) groups is 1. The summed E-state index contributed by atoms with van der Waals surface area (Å²) in [5.41, 5.74) is 0. The van der Waals surface area contributed by atoms with Crippen LogP contribution in [0.15, 0.2) is 4.99 Å². The molecule has 2 rings (SSSR count). The summed E-state index contributed by atoms with van der Waals surface area (Å²) >= 11 is 0. The number of rotatable bonds is 8. The van der Waals surface area contributed by atoms with Crippen LogP contribution < -0.4 is 5.32 Å². The van der Waals surface area contributed by atoms with Crippen molar-refractivity contribution in [3.63, 3.8) is 0 Å². The van der Waals surface area contributed by atoms with Gasteiger partial charge in [-0.2, -0.15) is 0 Å². The van der Waals surface area contributed by atoms with E-state index in [4.69, 9.17) is 4.74 Å². The summed E-state index contributed by atoms with van der Waals surface area (Å²) in [4.78, 5) is 9.57. The highest BCUT2D eigenvalue weighted by Crippen LogP contribution is 2.20. The molecule has 1 N–H and O–H groups in total. The Balaban J connectivity index is 1.74. The Morgan fingerprint density at radius 2 is 2.00 bits per heavy atom. The van der Waals surface area contributed by atoms with Crippen molar-refractivity contribution in [2.45, 2.75) is 32.2 Å². The Morgan fingerprint density at radius 3 is 2.67 bits per heavy atom. The molecule has 2 aliphatic rings. The predicted molar refractivity (Wildman–Crippen MR) is 97.3 cm³/mol. The van der Waals surface area contributed by atoms with E-state index >= 15 is 0 Å². The van der Waals surface area contributed by atoms with Crippen LogP contribution in [0, 0.1) is 0 Å². The standard InChI is InChI=1S/C16H32N4O3S/c1-3-17-16(18-7-11-23-12-13-24(2,21)22)20-10-6-15(14-20)19-8-4-5-9-19/h15H,3-14H2,1-2H3,(H,17,18). The first-order valence-corrected chi connectivity index (χ1v) is 11.1. The monoisotopic (exact) mass is 360 g/mol. The number of ether oxygens (including phenoxy) is 1. The van der Waals surface area contributed by atoms with E-state index in [2.05, 4.69) is 27.0 Å². The largest absolute Gasteiger partial charge is 0.378 e. The van der Waals surface area contributed by atoms with Crippen molar-refractivity contribution < 1.29 is 13.2 Å². The second-order valence-corrected chi connectivity index (χ2v) is 8.87. The second-order valence-electron chi connectivity index (χ2n) is 6.61. The molecule has 2 saturated heterocycles. The molecule has 2 fully saturated rings. The van der Waals surface area contributed by atoms with E-state index < -0.39 is 9.84 Å². The molecule has 0 saturated carbocycles. The highest BCUT2D eigenvalue weighted by atomic mass is 32.2. The molecule has 0 spiro atoms. The van der Waals surface area contributed by atoms with Crippen molar-refractivity contribution in [2.75, 3.05) is 64.5 Å². The lowest BCUT2D eigenvalue weighted by atomic mass is 10.2. The molecular weight excluding hydrogens is 328 g/mol. The van der Waals surface area contributed by atoms with E-state index in [9.17, 15) is 8.42 Å². The first kappa shape index (κ1) is 19.5. The summed E-state index contributed by atoms with van der Waals surface area (Å²) in [5.74, 6) is 1.02. The fraction of sp³-hybridized carbons (Fsp3) is 0.938. The summed E-state index contributed by atoms with van der Waals surface area (Å²) in [6.07, 6.45) is 5.09. The minimum atomic E-state index is -2.95. The molecule has 140 valence electrons. The Bertz CT molecular complexity index is 503. The highest BCUT2D eigenvalue weighted by Gasteiger charge is 2.30. The van der Waals surface area contributed by atoms with Gasteiger partial charge in [0.2, 0.25) is 0 Å². The lowest BCUT2D eigenvalue weighted by molar-refractivity contribution is 0.157. The van der Waals surface area contributed by atoms with Crippen molar-refractivity contribution in [3.05, 3.63) is 0 Å². The van der Waals surface area contributed by atoms with Crippen molar-refractivity contribution in [1.29, 1.82) is 0 Å². The number of hydrogen-bond acceptors (Lipinski definition) is 5. The molecule has 2 aliphatic heterocycles. The molecule has 0 aromatic carbocycles. The van der Waals surface area contributed by atoms with Gasteiger partial charge in [-0.05, 0) is 39.3 Å². The van der Waals surface area contributed by atoms with E-state index in [0.717, 1.165) is 25.6 Å². The minimum Gasteiger partial charge on any atom is -0.378 e. The zero-order chi connectivity index (χ0) is 17.4. The highest BCUT2D eigenvalue weighted by molar-refractivity contribution is 7.90. The fourth-order valence-corrected chi connectivity index (χ4v) is 3.71. The van der Waals surface area contributed by atoms with E-state index in [1.54, 1.807) is 0 Å². The Kier molecular flexibility index (Phi) is 7.77. The van der Waals surface area contributed by atoms with Crippen LogP contribution in [-0.4, -0.2) is 94.7 Å². The van der Waals surface area contributed by atoms with Crippen LogP contribution in [0.4, 0.5) is 0 Å². The number of nitrogens with one attached hydrogen (secondary N) is 1. The Labute approximate surface area is 146 Å². The van der Waals surface area contributed by atoms with Crippen LogP contribution in [-0.2, 0) is 14.6 Å². The van der Waals surface area contributed by atoms with E-state index in [0.29, 0.717) is 19.2 Å². The van der Waals surface area contributed by atoms with Gasteiger partial charge in [0.1, 0.15) is 9.84 Å². The van der Waals surface area contributed by atoms with Crippen LogP contribution >= 0.6 is 0 Å². The van der Waals surface area contributed by atoms with Crippen LogP contribution in [0.5, 0.6) is 0 Å². The smallest absolute Gasteiger partial charge is 0.194 e. The molecule has 8 heteroatoms. The summed E-state index contributed by atoms with van der Waals surface area (Å²) in [6, 6.07) is 0.655. The van der Waals surface area contributed by atoms with Gasteiger partial charge in [0.25, 0.3) is 0 Å². The van der Waals surface area contributed by atoms with Gasteiger partial charge in [-0.3, -0.25) is 9.89 Å². The number of likely N-dealkylation sites (tertiary alicyclic amines) is 2. The van der Waals surface area contributed by atoms with Gasteiger partial charge in [0.15, 0.2) is 5.96 Å². The Hall–Kier alpha value is -0.860. The Morgan fingerprint density at radius 1 is 1.25 bits per heavy atom. The van der Waals surface area contributed by atoms with Gasteiger partial charge in [0.05, 0.1) is 25.5 Å². The molecule has 1 unspecified atom stereocenters. The molecule has 24 heavy (non-hydrogen) atoms. The van der Waals surface area contributed by atoms with Crippen molar-refractivity contribution in [1.82, 2.24) is 15.1 Å². The van der Waals surface area contributed by atoms with Crippen LogP contribution in [0.2, 0.25) is 0 Å². The maximum Gasteiger partial charge on any atom is 0.194 e. The van der Waals surface area contributed by atoms with Crippen molar-refractivity contribution in [2.24, 2.45) is 4.99 Å². The molecule has 0 aliphatic carbocycles. The summed E-state index contributed by atoms with van der Waals surface area (Å²) in [7, 11) is -2.95. The molecule has 0 aromatic rings. The van der Waals surface area contributed by atoms with Gasteiger partial charge < -0.3 is 15.0 Å². The number of sulfone groups is 1. The quantitative estimate of drug-likeness (QED) is 0.378. The molecule has 2 heterocycles. The second kappa shape index (κ2) is 9.58. The minimum absolute atomic E-state index is 0.0699. The van der Waals surface area contributed by atoms with E-state index in [-0.39, 0.29) is 12.4 Å². The molecule has 7 nitrogen and oxygen atoms in total. The third-order valence-electron chi connectivity index (χ3n) is 4.55. The van der Waals surface area contributed by atoms with Crippen molar-refractivity contribution >= 4 is 15.8 Å². The summed E-state index contributed by atoms with van der Waals surface area (Å²) < 4.78 is 27.4. The lowest BCUT2D eigenvalue weighted by Crippen LogP contribution is -2.42. The topological polar surface area (TPSA) is 74.2 Å². The average Bonchev–Trinajstić information content (AvgIpc) is 3.18. The molecule has 0 bridgehead atoms. The zero-order valence-corrected chi connectivity index (χ0v) is 15.9. The lowest BCUT2D eigenvalue weighted by Gasteiger charge is -2.25. The third kappa shape index (κ3) is 6.57. The SMILES string of the molecule is CCNC(=NCCOCCS(C)(=O)=O)N1CCC(N2CCCC2)C1. The molecule has 0 aromatic heterocycles. The first-order chi connectivity index (χ1) is 11.5. The van der Waals surface area contributed by atoms with Crippen LogP contribution in [0.25, 0.3) is 0 Å². The summed E-state index contributed by atoms with van der Waals surface area (Å²) in [5, 5.41) is 3.36. The van der Waals surface area contributed by atoms with Gasteiger partial charge in [0, 0.05) is 31.9 Å². The van der Waals surface area contributed by atoms with Gasteiger partial charge in [-0.15, -0.1) is 0 Å². The zero-order valence-electron chi connectivity index (χ0n) is 15.0. The maximum atomic E-state index is 11.0. The van der Waals surface area contributed by atoms with E-state index in [1.165, 1.54) is 38.6 Å². The normalized spacial score (nSPS) is 23.2. The van der Waals surface area contributed by atoms with Crippen molar-refractivity contribution in [3.8, 4) is 0 Å². The predicted octanol–water partition coefficient (Wildman–Crippen LogP) is 0.183. The molecule has 0 amide bonds. The maximum absolute atomic E-state index is 11.0. The average molecular weight is 361 g/mol. The summed E-state index contributed by atoms with van der Waals surface area (Å²) in [6.45, 7) is 8.73. The number of guanidine groups is 1. The van der Waals surface area contributed by atoms with E-state index in [1.807, 2.05) is 0 Å². The molecular formula is C16H32N4O3S. The molecule has 1 atom stereocenters. The van der Waals surface area contributed by atoms with Gasteiger partial charge >= 0.3 is 0 Å². The van der Waals surface area contributed by atoms with Crippen LogP contribution in [0.3, 0.4) is 0 Å². The number of nitrogens with zero attached hydrogens (tertiary/aromatic N) is 3. The third-order valence-corrected chi connectivity index (χ3v) is 5.46. The molecule has 0 radical (unpaired) electrons. The fourth-order valence-electron chi connectivity index (χ4n) is 3.29. The van der Waals surface area contributed by atoms with Gasteiger partial charge in [-0.25, -0.2) is 8.42 Å². The first-order valence-electron chi connectivity index (χ1n) is 9.02. The number of hydrogen-bond donors (Lipinski definition) is 1. The van der Waals surface area contributed by atoms with Crippen LogP contribution in [0.1, 0.15) is 26.2 Å². The van der Waals surface area contributed by atoms with Gasteiger partial charge in [-0.1, -0.05) is 0 Å².